The summed E-state index contributed by atoms with van der Waals surface area (Å²) in [5, 5.41) is 6.43. The van der Waals surface area contributed by atoms with E-state index in [4.69, 9.17) is 9.47 Å². The molecule has 0 saturated carbocycles. The molecule has 0 aliphatic rings. The summed E-state index contributed by atoms with van der Waals surface area (Å²) in [4.78, 5) is 26.9. The lowest BCUT2D eigenvalue weighted by molar-refractivity contribution is 0.287. The fraction of sp³-hybridized carbons (Fsp3) is 0.269. The third-order valence-electron chi connectivity index (χ3n) is 5.75. The third kappa shape index (κ3) is 4.23. The van der Waals surface area contributed by atoms with Crippen molar-refractivity contribution in [3.8, 4) is 11.5 Å². The fourth-order valence-corrected chi connectivity index (χ4v) is 5.06. The molecule has 0 saturated heterocycles. The maximum absolute atomic E-state index is 13.5. The van der Waals surface area contributed by atoms with Crippen molar-refractivity contribution in [1.29, 1.82) is 0 Å². The molecule has 0 bridgehead atoms. The summed E-state index contributed by atoms with van der Waals surface area (Å²) in [5.74, 6) is 1.59. The van der Waals surface area contributed by atoms with E-state index in [1.807, 2.05) is 68.6 Å². The van der Waals surface area contributed by atoms with Crippen LogP contribution in [0.1, 0.15) is 30.5 Å². The Morgan fingerprint density at radius 3 is 2.46 bits per heavy atom. The van der Waals surface area contributed by atoms with Gasteiger partial charge in [0.2, 0.25) is 5.78 Å². The third-order valence-corrected chi connectivity index (χ3v) is 6.64. The molecule has 0 unspecified atom stereocenters. The lowest BCUT2D eigenvalue weighted by atomic mass is 10.1. The summed E-state index contributed by atoms with van der Waals surface area (Å²) in [5.41, 5.74) is 3.05. The van der Waals surface area contributed by atoms with Gasteiger partial charge < -0.3 is 9.47 Å². The first kappa shape index (κ1) is 22.9. The van der Waals surface area contributed by atoms with Crippen LogP contribution in [0.3, 0.4) is 0 Å². The highest BCUT2D eigenvalue weighted by molar-refractivity contribution is 7.17. The molecule has 0 aliphatic carbocycles. The van der Waals surface area contributed by atoms with Gasteiger partial charge in [0, 0.05) is 0 Å². The van der Waals surface area contributed by atoms with Crippen molar-refractivity contribution >= 4 is 27.3 Å². The van der Waals surface area contributed by atoms with Crippen LogP contribution in [0, 0.1) is 6.92 Å². The zero-order chi connectivity index (χ0) is 24.5. The first-order valence-electron chi connectivity index (χ1n) is 11.5. The molecular formula is C26H26N4O4S. The number of hydrogen-bond acceptors (Lipinski definition) is 6. The highest BCUT2D eigenvalue weighted by Crippen LogP contribution is 2.29. The lowest BCUT2D eigenvalue weighted by Gasteiger charge is -2.13. The molecular weight excluding hydrogens is 464 g/mol. The maximum Gasteiger partial charge on any atom is 0.352 e. The molecule has 180 valence electrons. The molecule has 0 fully saturated rings. The summed E-state index contributed by atoms with van der Waals surface area (Å²) in [6.07, 6.45) is 0. The molecule has 0 spiro atoms. The summed E-state index contributed by atoms with van der Waals surface area (Å²) < 4.78 is 16.4. The van der Waals surface area contributed by atoms with Crippen molar-refractivity contribution in [1.82, 2.24) is 18.7 Å². The Hall–Kier alpha value is -3.85. The molecule has 0 atom stereocenters. The van der Waals surface area contributed by atoms with Crippen LogP contribution in [0.4, 0.5) is 0 Å². The van der Waals surface area contributed by atoms with E-state index in [1.54, 1.807) is 10.6 Å². The van der Waals surface area contributed by atoms with Gasteiger partial charge in [0.15, 0.2) is 11.5 Å². The van der Waals surface area contributed by atoms with E-state index in [9.17, 15) is 9.59 Å². The smallest absolute Gasteiger partial charge is 0.352 e. The van der Waals surface area contributed by atoms with Crippen LogP contribution >= 0.6 is 11.3 Å². The predicted molar refractivity (Wildman–Crippen MR) is 137 cm³/mol. The van der Waals surface area contributed by atoms with Gasteiger partial charge in [-0.1, -0.05) is 35.9 Å². The SMILES string of the molecule is CCOc1ccc(Cn2c(=O)c3sccc3n3c(=O)n(Cc4cccc(C)c4)nc23)cc1OCC. The minimum absolute atomic E-state index is 0.179. The molecule has 0 N–H and O–H groups in total. The van der Waals surface area contributed by atoms with Crippen molar-refractivity contribution in [2.75, 3.05) is 13.2 Å². The van der Waals surface area contributed by atoms with Gasteiger partial charge in [-0.05, 0) is 55.5 Å². The first-order valence-corrected chi connectivity index (χ1v) is 12.4. The van der Waals surface area contributed by atoms with E-state index in [2.05, 4.69) is 5.10 Å². The number of aromatic nitrogens is 4. The maximum atomic E-state index is 13.5. The van der Waals surface area contributed by atoms with Crippen molar-refractivity contribution in [3.05, 3.63) is 91.4 Å². The van der Waals surface area contributed by atoms with Gasteiger partial charge in [0.05, 0.1) is 31.8 Å². The average molecular weight is 491 g/mol. The van der Waals surface area contributed by atoms with Crippen LogP contribution in [0.2, 0.25) is 0 Å². The zero-order valence-corrected chi connectivity index (χ0v) is 20.7. The van der Waals surface area contributed by atoms with E-state index in [1.165, 1.54) is 20.4 Å². The number of rotatable bonds is 8. The fourth-order valence-electron chi connectivity index (χ4n) is 4.24. The minimum Gasteiger partial charge on any atom is -0.490 e. The standard InChI is InChI=1S/C26H26N4O4S/c1-4-33-21-10-9-19(14-22(21)34-5-2)15-28-24(31)23-20(11-12-35-23)30-25(28)27-29(26(30)32)16-18-8-6-7-17(3)13-18/h6-14H,4-5,15-16H2,1-3H3. The Kier molecular flexibility index (Phi) is 6.17. The number of nitrogens with zero attached hydrogens (tertiary/aromatic N) is 4. The van der Waals surface area contributed by atoms with Gasteiger partial charge in [-0.25, -0.2) is 13.9 Å². The van der Waals surface area contributed by atoms with Gasteiger partial charge in [0.1, 0.15) is 4.70 Å². The van der Waals surface area contributed by atoms with E-state index >= 15 is 0 Å². The summed E-state index contributed by atoms with van der Waals surface area (Å²) in [6.45, 7) is 7.41. The van der Waals surface area contributed by atoms with Crippen molar-refractivity contribution < 1.29 is 9.47 Å². The van der Waals surface area contributed by atoms with Gasteiger partial charge in [0.25, 0.3) is 5.56 Å². The number of hydrogen-bond donors (Lipinski definition) is 0. The van der Waals surface area contributed by atoms with Crippen LogP contribution in [-0.2, 0) is 13.1 Å². The van der Waals surface area contributed by atoms with Crippen molar-refractivity contribution in [2.45, 2.75) is 33.9 Å². The molecule has 8 nitrogen and oxygen atoms in total. The number of benzene rings is 2. The van der Waals surface area contributed by atoms with E-state index in [0.29, 0.717) is 47.3 Å². The molecule has 0 aliphatic heterocycles. The topological polar surface area (TPSA) is 79.8 Å². The Morgan fingerprint density at radius 1 is 0.914 bits per heavy atom. The zero-order valence-electron chi connectivity index (χ0n) is 19.9. The van der Waals surface area contributed by atoms with E-state index in [0.717, 1.165) is 16.7 Å². The Balaban J connectivity index is 1.65. The second-order valence-corrected chi connectivity index (χ2v) is 9.15. The average Bonchev–Trinajstić information content (AvgIpc) is 3.44. The molecule has 0 radical (unpaired) electrons. The molecule has 35 heavy (non-hydrogen) atoms. The number of aryl methyl sites for hydroxylation is 1. The quantitative estimate of drug-likeness (QED) is 0.328. The molecule has 5 rings (SSSR count). The number of fused-ring (bicyclic) bond motifs is 3. The largest absolute Gasteiger partial charge is 0.490 e. The highest BCUT2D eigenvalue weighted by atomic mass is 32.1. The highest BCUT2D eigenvalue weighted by Gasteiger charge is 2.19. The first-order chi connectivity index (χ1) is 17.0. The monoisotopic (exact) mass is 490 g/mol. The lowest BCUT2D eigenvalue weighted by Crippen LogP contribution is -2.26. The molecule has 0 amide bonds. The summed E-state index contributed by atoms with van der Waals surface area (Å²) >= 11 is 1.32. The molecule has 3 aromatic heterocycles. The minimum atomic E-state index is -0.277. The normalized spacial score (nSPS) is 11.4. The van der Waals surface area contributed by atoms with Crippen LogP contribution in [0.25, 0.3) is 16.0 Å². The predicted octanol–water partition coefficient (Wildman–Crippen LogP) is 4.07. The molecule has 3 heterocycles. The Labute approximate surface area is 205 Å². The van der Waals surface area contributed by atoms with Gasteiger partial charge in [-0.3, -0.25) is 9.36 Å². The van der Waals surface area contributed by atoms with Gasteiger partial charge in [-0.15, -0.1) is 16.4 Å². The van der Waals surface area contributed by atoms with Crippen molar-refractivity contribution in [3.63, 3.8) is 0 Å². The van der Waals surface area contributed by atoms with Crippen LogP contribution in [0.15, 0.2) is 63.5 Å². The summed E-state index contributed by atoms with van der Waals surface area (Å²) in [7, 11) is 0. The Bertz CT molecular complexity index is 1640. The molecule has 9 heteroatoms. The molecule has 2 aromatic carbocycles. The van der Waals surface area contributed by atoms with Crippen molar-refractivity contribution in [2.24, 2.45) is 0 Å². The van der Waals surface area contributed by atoms with Crippen LogP contribution in [-0.4, -0.2) is 32.0 Å². The Morgan fingerprint density at radius 2 is 1.69 bits per heavy atom. The molecule has 5 aromatic rings. The number of thiophene rings is 1. The van der Waals surface area contributed by atoms with Crippen LogP contribution in [0.5, 0.6) is 11.5 Å². The van der Waals surface area contributed by atoms with Gasteiger partial charge in [-0.2, -0.15) is 0 Å². The second kappa shape index (κ2) is 9.42. The number of ether oxygens (including phenoxy) is 2. The van der Waals surface area contributed by atoms with E-state index in [-0.39, 0.29) is 17.8 Å². The van der Waals surface area contributed by atoms with Crippen LogP contribution < -0.4 is 20.7 Å². The second-order valence-electron chi connectivity index (χ2n) is 8.24. The van der Waals surface area contributed by atoms with Gasteiger partial charge >= 0.3 is 5.69 Å². The summed E-state index contributed by atoms with van der Waals surface area (Å²) in [6, 6.07) is 15.4. The van der Waals surface area contributed by atoms with E-state index < -0.39 is 0 Å².